The zero-order valence-corrected chi connectivity index (χ0v) is 16.0. The van der Waals surface area contributed by atoms with Gasteiger partial charge in [-0.3, -0.25) is 4.79 Å². The van der Waals surface area contributed by atoms with Crippen molar-refractivity contribution in [3.05, 3.63) is 47.6 Å². The summed E-state index contributed by atoms with van der Waals surface area (Å²) in [6.07, 6.45) is 6.46. The molecule has 6 heteroatoms. The second kappa shape index (κ2) is 6.99. The summed E-state index contributed by atoms with van der Waals surface area (Å²) in [6.45, 7) is 0.908. The maximum atomic E-state index is 11.1. The number of nitrogens with one attached hydrogen (secondary N) is 1. The minimum absolute atomic E-state index is 0.0316. The molecule has 0 saturated heterocycles. The molecule has 0 amide bonds. The Balaban J connectivity index is 1.17. The first-order valence-corrected chi connectivity index (χ1v) is 10.5. The Bertz CT molecular complexity index is 838. The molecule has 1 heterocycles. The predicted molar refractivity (Wildman–Crippen MR) is 103 cm³/mol. The summed E-state index contributed by atoms with van der Waals surface area (Å²) in [5, 5.41) is 17.2. The minimum atomic E-state index is -0.679. The number of carboxylic acid groups (broad SMARTS) is 1. The average molecular weight is 381 g/mol. The van der Waals surface area contributed by atoms with Crippen molar-refractivity contribution >= 4 is 5.97 Å². The molecule has 0 radical (unpaired) electrons. The molecule has 1 unspecified atom stereocenters. The lowest BCUT2D eigenvalue weighted by molar-refractivity contribution is -0.142. The molecule has 0 aliphatic heterocycles. The highest BCUT2D eigenvalue weighted by Crippen LogP contribution is 2.48. The van der Waals surface area contributed by atoms with Crippen LogP contribution in [0, 0.1) is 5.92 Å². The second-order valence-corrected chi connectivity index (χ2v) is 8.86. The van der Waals surface area contributed by atoms with Crippen LogP contribution in [0.15, 0.2) is 34.9 Å². The van der Waals surface area contributed by atoms with Crippen molar-refractivity contribution < 1.29 is 14.4 Å². The Morgan fingerprint density at radius 3 is 2.61 bits per heavy atom. The van der Waals surface area contributed by atoms with Crippen LogP contribution in [-0.2, 0) is 10.2 Å². The Morgan fingerprint density at radius 2 is 1.93 bits per heavy atom. The van der Waals surface area contributed by atoms with Crippen LogP contribution in [0.4, 0.5) is 0 Å². The van der Waals surface area contributed by atoms with Gasteiger partial charge in [-0.05, 0) is 50.5 Å². The third-order valence-corrected chi connectivity index (χ3v) is 6.92. The van der Waals surface area contributed by atoms with Crippen LogP contribution in [0.1, 0.15) is 74.1 Å². The number of rotatable bonds is 7. The summed E-state index contributed by atoms with van der Waals surface area (Å²) < 4.78 is 5.60. The monoisotopic (exact) mass is 381 g/mol. The molecule has 2 aromatic rings. The summed E-state index contributed by atoms with van der Waals surface area (Å²) in [6, 6.07) is 11.3. The fourth-order valence-corrected chi connectivity index (χ4v) is 4.65. The van der Waals surface area contributed by atoms with Gasteiger partial charge >= 0.3 is 5.97 Å². The van der Waals surface area contributed by atoms with E-state index in [0.29, 0.717) is 30.7 Å². The third-order valence-electron chi connectivity index (χ3n) is 6.92. The molecule has 1 aromatic carbocycles. The highest BCUT2D eigenvalue weighted by molar-refractivity contribution is 5.70. The van der Waals surface area contributed by atoms with Crippen molar-refractivity contribution in [2.75, 3.05) is 6.54 Å². The molecular weight excluding hydrogens is 354 g/mol. The van der Waals surface area contributed by atoms with E-state index in [1.807, 2.05) is 0 Å². The smallest absolute Gasteiger partial charge is 0.306 e. The van der Waals surface area contributed by atoms with E-state index in [1.54, 1.807) is 0 Å². The van der Waals surface area contributed by atoms with E-state index in [4.69, 9.17) is 14.6 Å². The fraction of sp³-hybridized carbons (Fsp3) is 0.591. The van der Waals surface area contributed by atoms with Gasteiger partial charge < -0.3 is 14.9 Å². The van der Waals surface area contributed by atoms with Gasteiger partial charge in [0, 0.05) is 29.8 Å². The van der Waals surface area contributed by atoms with Crippen molar-refractivity contribution in [1.82, 2.24) is 15.5 Å². The van der Waals surface area contributed by atoms with Crippen LogP contribution in [0.25, 0.3) is 0 Å². The molecule has 28 heavy (non-hydrogen) atoms. The van der Waals surface area contributed by atoms with Crippen molar-refractivity contribution in [2.45, 2.75) is 68.2 Å². The van der Waals surface area contributed by atoms with Crippen molar-refractivity contribution in [3.63, 3.8) is 0 Å². The number of hydrogen-bond donors (Lipinski definition) is 2. The Kier molecular flexibility index (Phi) is 4.46. The molecule has 2 atom stereocenters. The quantitative estimate of drug-likeness (QED) is 0.762. The van der Waals surface area contributed by atoms with Crippen molar-refractivity contribution in [2.24, 2.45) is 5.92 Å². The highest BCUT2D eigenvalue weighted by atomic mass is 16.5. The molecule has 6 nitrogen and oxygen atoms in total. The van der Waals surface area contributed by atoms with Gasteiger partial charge in [-0.25, -0.2) is 0 Å². The van der Waals surface area contributed by atoms with Gasteiger partial charge in [-0.2, -0.15) is 4.98 Å². The first-order valence-electron chi connectivity index (χ1n) is 10.5. The fourth-order valence-electron chi connectivity index (χ4n) is 4.65. The summed E-state index contributed by atoms with van der Waals surface area (Å²) >= 11 is 0. The van der Waals surface area contributed by atoms with E-state index in [1.165, 1.54) is 12.0 Å². The third kappa shape index (κ3) is 3.46. The van der Waals surface area contributed by atoms with Gasteiger partial charge in [0.15, 0.2) is 5.82 Å². The maximum Gasteiger partial charge on any atom is 0.306 e. The largest absolute Gasteiger partial charge is 0.481 e. The molecule has 1 aromatic heterocycles. The number of carbonyl (C=O) groups is 1. The van der Waals surface area contributed by atoms with Crippen molar-refractivity contribution in [1.29, 1.82) is 0 Å². The van der Waals surface area contributed by atoms with E-state index in [9.17, 15) is 4.79 Å². The average Bonchev–Trinajstić information content (AvgIpc) is 3.64. The molecule has 0 bridgehead atoms. The number of nitrogens with zero attached hydrogens (tertiary/aromatic N) is 2. The molecule has 2 N–H and O–H groups in total. The van der Waals surface area contributed by atoms with Gasteiger partial charge in [0.05, 0.1) is 5.92 Å². The van der Waals surface area contributed by atoms with Gasteiger partial charge in [0.1, 0.15) is 0 Å². The number of aromatic nitrogens is 2. The Labute approximate surface area is 164 Å². The molecule has 3 saturated carbocycles. The highest BCUT2D eigenvalue weighted by Gasteiger charge is 2.50. The molecule has 3 aliphatic rings. The van der Waals surface area contributed by atoms with E-state index in [2.05, 4.69) is 40.8 Å². The van der Waals surface area contributed by atoms with Gasteiger partial charge in [0.25, 0.3) is 0 Å². The van der Waals surface area contributed by atoms with E-state index < -0.39 is 5.97 Å². The van der Waals surface area contributed by atoms with Crippen LogP contribution in [0.3, 0.4) is 0 Å². The number of aliphatic carboxylic acids is 1. The van der Waals surface area contributed by atoms with Crippen LogP contribution in [-0.4, -0.2) is 33.8 Å². The predicted octanol–water partition coefficient (Wildman–Crippen LogP) is 3.61. The molecule has 0 spiro atoms. The lowest BCUT2D eigenvalue weighted by Gasteiger charge is -2.23. The SMILES string of the molecule is O=C(O)[C@H]1CC[C@H](c2nc(C3(CN[C@H]4CC4c4ccccc4)CC3)no2)CC1. The lowest BCUT2D eigenvalue weighted by Crippen LogP contribution is -2.30. The molecule has 5 rings (SSSR count). The number of hydrogen-bond acceptors (Lipinski definition) is 5. The lowest BCUT2D eigenvalue weighted by atomic mass is 9.82. The summed E-state index contributed by atoms with van der Waals surface area (Å²) in [4.78, 5) is 15.9. The standard InChI is InChI=1S/C22H27N3O3/c26-20(27)16-8-6-15(7-9-16)19-24-21(25-28-19)22(10-11-22)13-23-18-12-17(18)14-4-2-1-3-5-14/h1-5,15-18,23H,6-13H2,(H,26,27)/t15-,16-,17?,18-/m0/s1. The van der Waals surface area contributed by atoms with Crippen LogP contribution >= 0.6 is 0 Å². The second-order valence-electron chi connectivity index (χ2n) is 8.86. The maximum absolute atomic E-state index is 11.1. The van der Waals surface area contributed by atoms with E-state index in [-0.39, 0.29) is 17.3 Å². The molecular formula is C22H27N3O3. The van der Waals surface area contributed by atoms with Crippen LogP contribution < -0.4 is 5.32 Å². The first-order chi connectivity index (χ1) is 13.6. The minimum Gasteiger partial charge on any atom is -0.481 e. The van der Waals surface area contributed by atoms with Gasteiger partial charge in [-0.15, -0.1) is 0 Å². The zero-order chi connectivity index (χ0) is 19.1. The van der Waals surface area contributed by atoms with Crippen LogP contribution in [0.5, 0.6) is 0 Å². The zero-order valence-electron chi connectivity index (χ0n) is 16.0. The van der Waals surface area contributed by atoms with Crippen molar-refractivity contribution in [3.8, 4) is 0 Å². The normalized spacial score (nSPS) is 30.7. The Hall–Kier alpha value is -2.21. The van der Waals surface area contributed by atoms with Gasteiger partial charge in [0.2, 0.25) is 5.89 Å². The van der Waals surface area contributed by atoms with Crippen LogP contribution in [0.2, 0.25) is 0 Å². The van der Waals surface area contributed by atoms with E-state index >= 15 is 0 Å². The van der Waals surface area contributed by atoms with Gasteiger partial charge in [-0.1, -0.05) is 35.5 Å². The number of carboxylic acids is 1. The molecule has 3 aliphatic carbocycles. The first kappa shape index (κ1) is 17.9. The molecule has 148 valence electrons. The van der Waals surface area contributed by atoms with E-state index in [0.717, 1.165) is 38.1 Å². The Morgan fingerprint density at radius 1 is 1.18 bits per heavy atom. The summed E-state index contributed by atoms with van der Waals surface area (Å²) in [7, 11) is 0. The summed E-state index contributed by atoms with van der Waals surface area (Å²) in [5.41, 5.74) is 1.45. The number of benzene rings is 1. The summed E-state index contributed by atoms with van der Waals surface area (Å²) in [5.74, 6) is 1.50. The topological polar surface area (TPSA) is 88.2 Å². The molecule has 3 fully saturated rings.